The fraction of sp³-hybridized carbons (Fsp3) is 0.368. The standard InChI is InChI=1S/C19H23N/c1-3-20-15-19(14-16(20)2,17-10-6-4-7-11-17)18-12-8-5-9-13-18/h4-13,16H,3,14-15H2,1-2H3. The van der Waals surface area contributed by atoms with E-state index < -0.39 is 0 Å². The number of likely N-dealkylation sites (tertiary alicyclic amines) is 1. The Kier molecular flexibility index (Phi) is 3.62. The van der Waals surface area contributed by atoms with E-state index in [4.69, 9.17) is 0 Å². The van der Waals surface area contributed by atoms with Gasteiger partial charge in [-0.1, -0.05) is 67.6 Å². The van der Waals surface area contributed by atoms with Crippen LogP contribution in [0.25, 0.3) is 0 Å². The van der Waals surface area contributed by atoms with Gasteiger partial charge in [0.2, 0.25) is 0 Å². The van der Waals surface area contributed by atoms with Crippen LogP contribution >= 0.6 is 0 Å². The Labute approximate surface area is 122 Å². The second-order valence-corrected chi connectivity index (χ2v) is 5.93. The van der Waals surface area contributed by atoms with Gasteiger partial charge in [0.25, 0.3) is 0 Å². The molecule has 1 unspecified atom stereocenters. The average Bonchev–Trinajstić information content (AvgIpc) is 2.87. The molecule has 1 atom stereocenters. The van der Waals surface area contributed by atoms with Crippen LogP contribution in [0.3, 0.4) is 0 Å². The lowest BCUT2D eigenvalue weighted by Gasteiger charge is -2.31. The minimum Gasteiger partial charge on any atom is -0.300 e. The van der Waals surface area contributed by atoms with Crippen molar-refractivity contribution in [3.8, 4) is 0 Å². The first-order valence-corrected chi connectivity index (χ1v) is 7.61. The highest BCUT2D eigenvalue weighted by Crippen LogP contribution is 2.43. The zero-order valence-electron chi connectivity index (χ0n) is 12.4. The van der Waals surface area contributed by atoms with Crippen LogP contribution in [0.2, 0.25) is 0 Å². The van der Waals surface area contributed by atoms with Gasteiger partial charge in [-0.25, -0.2) is 0 Å². The number of nitrogens with zero attached hydrogens (tertiary/aromatic N) is 1. The summed E-state index contributed by atoms with van der Waals surface area (Å²) < 4.78 is 0. The second kappa shape index (κ2) is 5.41. The SMILES string of the molecule is CCN1CC(c2ccccc2)(c2ccccc2)CC1C. The van der Waals surface area contributed by atoms with Crippen molar-refractivity contribution < 1.29 is 0 Å². The summed E-state index contributed by atoms with van der Waals surface area (Å²) in [7, 11) is 0. The number of likely N-dealkylation sites (N-methyl/N-ethyl adjacent to an activating group) is 1. The van der Waals surface area contributed by atoms with E-state index in [9.17, 15) is 0 Å². The number of rotatable bonds is 3. The van der Waals surface area contributed by atoms with E-state index in [0.717, 1.165) is 13.1 Å². The van der Waals surface area contributed by atoms with E-state index >= 15 is 0 Å². The van der Waals surface area contributed by atoms with Crippen molar-refractivity contribution in [3.63, 3.8) is 0 Å². The molecular formula is C19H23N. The number of benzene rings is 2. The van der Waals surface area contributed by atoms with Crippen LogP contribution in [0.1, 0.15) is 31.4 Å². The highest BCUT2D eigenvalue weighted by atomic mass is 15.2. The third kappa shape index (κ3) is 2.16. The summed E-state index contributed by atoms with van der Waals surface area (Å²) in [4.78, 5) is 2.60. The van der Waals surface area contributed by atoms with Crippen molar-refractivity contribution in [2.24, 2.45) is 0 Å². The van der Waals surface area contributed by atoms with Gasteiger partial charge >= 0.3 is 0 Å². The second-order valence-electron chi connectivity index (χ2n) is 5.93. The van der Waals surface area contributed by atoms with Gasteiger partial charge in [-0.2, -0.15) is 0 Å². The Bertz CT molecular complexity index is 507. The van der Waals surface area contributed by atoms with Crippen LogP contribution in [-0.4, -0.2) is 24.0 Å². The van der Waals surface area contributed by atoms with E-state index in [0.29, 0.717) is 6.04 Å². The monoisotopic (exact) mass is 265 g/mol. The molecule has 2 aromatic rings. The molecule has 2 aromatic carbocycles. The maximum absolute atomic E-state index is 2.60. The zero-order valence-corrected chi connectivity index (χ0v) is 12.4. The summed E-state index contributed by atoms with van der Waals surface area (Å²) in [5, 5.41) is 0. The first kappa shape index (κ1) is 13.4. The molecule has 0 N–H and O–H groups in total. The van der Waals surface area contributed by atoms with Gasteiger partial charge in [0.1, 0.15) is 0 Å². The fourth-order valence-corrected chi connectivity index (χ4v) is 3.72. The molecule has 1 aliphatic rings. The van der Waals surface area contributed by atoms with Crippen molar-refractivity contribution in [1.29, 1.82) is 0 Å². The fourth-order valence-electron chi connectivity index (χ4n) is 3.72. The van der Waals surface area contributed by atoms with Crippen LogP contribution in [0.5, 0.6) is 0 Å². The number of hydrogen-bond acceptors (Lipinski definition) is 1. The van der Waals surface area contributed by atoms with Gasteiger partial charge in [0, 0.05) is 18.0 Å². The third-order valence-electron chi connectivity index (χ3n) is 4.80. The lowest BCUT2D eigenvalue weighted by Crippen LogP contribution is -2.32. The van der Waals surface area contributed by atoms with E-state index in [1.165, 1.54) is 17.5 Å². The Balaban J connectivity index is 2.10. The molecule has 104 valence electrons. The average molecular weight is 265 g/mol. The Morgan fingerprint density at radius 2 is 1.45 bits per heavy atom. The summed E-state index contributed by atoms with van der Waals surface area (Å²) in [6, 6.07) is 22.7. The van der Waals surface area contributed by atoms with Crippen LogP contribution in [0.15, 0.2) is 60.7 Å². The highest BCUT2D eigenvalue weighted by Gasteiger charge is 2.43. The molecule has 0 bridgehead atoms. The predicted octanol–water partition coefficient (Wildman–Crippen LogP) is 4.09. The predicted molar refractivity (Wildman–Crippen MR) is 85.0 cm³/mol. The highest BCUT2D eigenvalue weighted by molar-refractivity contribution is 5.41. The molecule has 1 aliphatic heterocycles. The minimum atomic E-state index is 0.151. The van der Waals surface area contributed by atoms with Gasteiger partial charge < -0.3 is 0 Å². The first-order chi connectivity index (χ1) is 9.76. The molecule has 1 nitrogen and oxygen atoms in total. The summed E-state index contributed by atoms with van der Waals surface area (Å²) >= 11 is 0. The number of hydrogen-bond donors (Lipinski definition) is 0. The summed E-state index contributed by atoms with van der Waals surface area (Å²) in [5.41, 5.74) is 3.06. The first-order valence-electron chi connectivity index (χ1n) is 7.61. The van der Waals surface area contributed by atoms with Crippen LogP contribution in [0, 0.1) is 0 Å². The van der Waals surface area contributed by atoms with Gasteiger partial charge in [0.05, 0.1) is 0 Å². The topological polar surface area (TPSA) is 3.24 Å². The summed E-state index contributed by atoms with van der Waals surface area (Å²) in [6.07, 6.45) is 1.20. The Hall–Kier alpha value is -1.60. The van der Waals surface area contributed by atoms with Gasteiger partial charge in [-0.3, -0.25) is 4.90 Å². The molecule has 1 saturated heterocycles. The lowest BCUT2D eigenvalue weighted by molar-refractivity contribution is 0.278. The molecule has 0 radical (unpaired) electrons. The molecule has 0 saturated carbocycles. The van der Waals surface area contributed by atoms with Crippen LogP contribution in [-0.2, 0) is 5.41 Å². The van der Waals surface area contributed by atoms with Gasteiger partial charge in [-0.05, 0) is 31.0 Å². The maximum atomic E-state index is 2.60. The quantitative estimate of drug-likeness (QED) is 0.808. The normalized spacial score (nSPS) is 22.0. The van der Waals surface area contributed by atoms with E-state index in [1.807, 2.05) is 0 Å². The molecule has 0 aliphatic carbocycles. The van der Waals surface area contributed by atoms with Crippen molar-refractivity contribution in [2.75, 3.05) is 13.1 Å². The van der Waals surface area contributed by atoms with E-state index in [1.54, 1.807) is 0 Å². The van der Waals surface area contributed by atoms with Gasteiger partial charge in [0.15, 0.2) is 0 Å². The molecule has 1 heterocycles. The Morgan fingerprint density at radius 1 is 0.950 bits per heavy atom. The smallest absolute Gasteiger partial charge is 0.0344 e. The maximum Gasteiger partial charge on any atom is 0.0344 e. The third-order valence-corrected chi connectivity index (χ3v) is 4.80. The lowest BCUT2D eigenvalue weighted by atomic mass is 9.73. The van der Waals surface area contributed by atoms with Crippen LogP contribution < -0.4 is 0 Å². The van der Waals surface area contributed by atoms with E-state index in [-0.39, 0.29) is 5.41 Å². The van der Waals surface area contributed by atoms with Gasteiger partial charge in [-0.15, -0.1) is 0 Å². The zero-order chi connectivity index (χ0) is 14.0. The van der Waals surface area contributed by atoms with Crippen molar-refractivity contribution >= 4 is 0 Å². The van der Waals surface area contributed by atoms with Crippen molar-refractivity contribution in [2.45, 2.75) is 31.7 Å². The summed E-state index contributed by atoms with van der Waals surface area (Å²) in [6.45, 7) is 6.88. The molecule has 0 spiro atoms. The molecule has 1 heteroatoms. The van der Waals surface area contributed by atoms with E-state index in [2.05, 4.69) is 79.4 Å². The largest absolute Gasteiger partial charge is 0.300 e. The Morgan fingerprint density at radius 3 is 1.85 bits per heavy atom. The minimum absolute atomic E-state index is 0.151. The molecule has 20 heavy (non-hydrogen) atoms. The van der Waals surface area contributed by atoms with Crippen LogP contribution in [0.4, 0.5) is 0 Å². The van der Waals surface area contributed by atoms with Crippen molar-refractivity contribution in [3.05, 3.63) is 71.8 Å². The molecule has 1 fully saturated rings. The molecule has 0 aromatic heterocycles. The van der Waals surface area contributed by atoms with Crippen molar-refractivity contribution in [1.82, 2.24) is 4.90 Å². The molecule has 0 amide bonds. The summed E-state index contributed by atoms with van der Waals surface area (Å²) in [5.74, 6) is 0. The molecule has 3 rings (SSSR count). The molecular weight excluding hydrogens is 242 g/mol.